The zero-order valence-corrected chi connectivity index (χ0v) is 6.69. The van der Waals surface area contributed by atoms with E-state index in [0.717, 1.165) is 0 Å². The average molecular weight is 162 g/mol. The van der Waals surface area contributed by atoms with E-state index in [4.69, 9.17) is 5.11 Å². The van der Waals surface area contributed by atoms with Crippen LogP contribution in [0.4, 0.5) is 8.78 Å². The highest BCUT2D eigenvalue weighted by Crippen LogP contribution is 2.20. The Balaban J connectivity index is 4.11. The maximum Gasteiger partial charge on any atom is 0.150 e. The molecule has 11 heavy (non-hydrogen) atoms. The molecule has 0 aromatic rings. The fraction of sp³-hybridized carbons (Fsp3) is 0.750. The highest BCUT2D eigenvalue weighted by Gasteiger charge is 2.25. The van der Waals surface area contributed by atoms with E-state index in [0.29, 0.717) is 0 Å². The molecule has 0 saturated heterocycles. The fourth-order valence-electron chi connectivity index (χ4n) is 0.404. The number of aliphatic hydroxyl groups is 1. The summed E-state index contributed by atoms with van der Waals surface area (Å²) in [6.07, 6.45) is -1.09. The summed E-state index contributed by atoms with van der Waals surface area (Å²) < 4.78 is 23.6. The van der Waals surface area contributed by atoms with Crippen LogP contribution in [-0.4, -0.2) is 24.6 Å². The standard InChI is InChI=1S/C8H12F2O/c1-8(2,6-10)7(11)4-3-5-9/h7,11H,5-6H2,1-2H3. The summed E-state index contributed by atoms with van der Waals surface area (Å²) in [5.41, 5.74) is -0.901. The van der Waals surface area contributed by atoms with Crippen LogP contribution in [-0.2, 0) is 0 Å². The third-order valence-electron chi connectivity index (χ3n) is 1.39. The number of hydrogen-bond acceptors (Lipinski definition) is 1. The minimum atomic E-state index is -1.09. The van der Waals surface area contributed by atoms with Crippen LogP contribution in [0, 0.1) is 17.3 Å². The SMILES string of the molecule is CC(C)(CF)C(O)C#CCF. The van der Waals surface area contributed by atoms with E-state index in [-0.39, 0.29) is 0 Å². The monoisotopic (exact) mass is 162 g/mol. The lowest BCUT2D eigenvalue weighted by Crippen LogP contribution is -2.29. The Bertz CT molecular complexity index is 167. The molecule has 3 heteroatoms. The first-order chi connectivity index (χ1) is 5.04. The second kappa shape index (κ2) is 4.30. The Labute approximate surface area is 65.4 Å². The first kappa shape index (κ1) is 10.4. The van der Waals surface area contributed by atoms with Gasteiger partial charge in [-0.2, -0.15) is 0 Å². The lowest BCUT2D eigenvalue weighted by molar-refractivity contribution is 0.0755. The van der Waals surface area contributed by atoms with Gasteiger partial charge in [-0.15, -0.1) is 0 Å². The zero-order valence-electron chi connectivity index (χ0n) is 6.69. The summed E-state index contributed by atoms with van der Waals surface area (Å²) in [7, 11) is 0. The largest absolute Gasteiger partial charge is 0.380 e. The number of rotatable bonds is 2. The molecule has 0 aromatic heterocycles. The van der Waals surface area contributed by atoms with Crippen molar-refractivity contribution >= 4 is 0 Å². The third kappa shape index (κ3) is 3.33. The molecule has 0 heterocycles. The molecule has 0 aromatic carbocycles. The van der Waals surface area contributed by atoms with Crippen molar-refractivity contribution in [3.63, 3.8) is 0 Å². The van der Waals surface area contributed by atoms with E-state index in [1.807, 2.05) is 0 Å². The Morgan fingerprint density at radius 3 is 2.36 bits per heavy atom. The van der Waals surface area contributed by atoms with Gasteiger partial charge in [-0.25, -0.2) is 4.39 Å². The summed E-state index contributed by atoms with van der Waals surface area (Å²) in [5, 5.41) is 9.13. The predicted octanol–water partition coefficient (Wildman–Crippen LogP) is 1.32. The molecule has 0 saturated carbocycles. The molecule has 0 bridgehead atoms. The Morgan fingerprint density at radius 2 is 2.00 bits per heavy atom. The van der Waals surface area contributed by atoms with Gasteiger partial charge in [-0.1, -0.05) is 25.7 Å². The van der Waals surface area contributed by atoms with E-state index in [1.54, 1.807) is 0 Å². The maximum absolute atomic E-state index is 12.1. The van der Waals surface area contributed by atoms with Crippen molar-refractivity contribution in [2.45, 2.75) is 20.0 Å². The number of hydrogen-bond donors (Lipinski definition) is 1. The Hall–Kier alpha value is -0.620. The molecule has 0 rings (SSSR count). The van der Waals surface area contributed by atoms with Crippen LogP contribution in [0.2, 0.25) is 0 Å². The molecule has 0 radical (unpaired) electrons. The van der Waals surface area contributed by atoms with Crippen molar-refractivity contribution in [2.24, 2.45) is 5.41 Å². The summed E-state index contributed by atoms with van der Waals surface area (Å²) >= 11 is 0. The normalized spacial score (nSPS) is 13.5. The minimum Gasteiger partial charge on any atom is -0.380 e. The van der Waals surface area contributed by atoms with Gasteiger partial charge in [-0.3, -0.25) is 4.39 Å². The molecule has 0 amide bonds. The molecule has 1 atom stereocenters. The summed E-state index contributed by atoms with van der Waals surface area (Å²) in [5.74, 6) is 4.27. The van der Waals surface area contributed by atoms with Gasteiger partial charge in [0, 0.05) is 5.41 Å². The molecule has 1 nitrogen and oxygen atoms in total. The van der Waals surface area contributed by atoms with Crippen LogP contribution in [0.25, 0.3) is 0 Å². The van der Waals surface area contributed by atoms with Crippen molar-refractivity contribution in [2.75, 3.05) is 13.3 Å². The molecule has 0 aliphatic rings. The molecule has 1 unspecified atom stereocenters. The first-order valence-electron chi connectivity index (χ1n) is 3.33. The minimum absolute atomic E-state index is 0.671. The van der Waals surface area contributed by atoms with Crippen molar-refractivity contribution in [1.82, 2.24) is 0 Å². The molecule has 64 valence electrons. The average Bonchev–Trinajstić information content (AvgIpc) is 2.00. The van der Waals surface area contributed by atoms with Gasteiger partial charge in [0.2, 0.25) is 0 Å². The van der Waals surface area contributed by atoms with Crippen LogP contribution in [0.1, 0.15) is 13.8 Å². The van der Waals surface area contributed by atoms with E-state index < -0.39 is 24.9 Å². The van der Waals surface area contributed by atoms with Crippen LogP contribution >= 0.6 is 0 Å². The van der Waals surface area contributed by atoms with E-state index in [2.05, 4.69) is 11.8 Å². The molecular weight excluding hydrogens is 150 g/mol. The highest BCUT2D eigenvalue weighted by molar-refractivity contribution is 5.08. The van der Waals surface area contributed by atoms with Gasteiger partial charge in [0.05, 0.1) is 6.67 Å². The first-order valence-corrected chi connectivity index (χ1v) is 3.33. The van der Waals surface area contributed by atoms with Crippen molar-refractivity contribution in [3.05, 3.63) is 0 Å². The highest BCUT2D eigenvalue weighted by atomic mass is 19.1. The topological polar surface area (TPSA) is 20.2 Å². The van der Waals surface area contributed by atoms with E-state index >= 15 is 0 Å². The van der Waals surface area contributed by atoms with Crippen LogP contribution in [0.5, 0.6) is 0 Å². The Kier molecular flexibility index (Phi) is 4.06. The van der Waals surface area contributed by atoms with Crippen LogP contribution in [0.15, 0.2) is 0 Å². The third-order valence-corrected chi connectivity index (χ3v) is 1.39. The van der Waals surface area contributed by atoms with Gasteiger partial charge >= 0.3 is 0 Å². The Morgan fingerprint density at radius 1 is 1.45 bits per heavy atom. The van der Waals surface area contributed by atoms with E-state index in [9.17, 15) is 8.78 Å². The van der Waals surface area contributed by atoms with Gasteiger partial charge in [0.15, 0.2) is 0 Å². The lowest BCUT2D eigenvalue weighted by Gasteiger charge is -2.22. The summed E-state index contributed by atoms with van der Waals surface area (Å²) in [6, 6.07) is 0. The van der Waals surface area contributed by atoms with Crippen LogP contribution in [0.3, 0.4) is 0 Å². The van der Waals surface area contributed by atoms with Gasteiger partial charge in [0.1, 0.15) is 12.8 Å². The molecular formula is C8H12F2O. The second-order valence-corrected chi connectivity index (χ2v) is 2.98. The molecule has 0 fully saturated rings. The summed E-state index contributed by atoms with van der Waals surface area (Å²) in [6.45, 7) is 1.59. The number of alkyl halides is 2. The van der Waals surface area contributed by atoms with Crippen molar-refractivity contribution in [1.29, 1.82) is 0 Å². The molecule has 0 aliphatic heterocycles. The quantitative estimate of drug-likeness (QED) is 0.607. The summed E-state index contributed by atoms with van der Waals surface area (Å²) in [4.78, 5) is 0. The molecule has 1 N–H and O–H groups in total. The van der Waals surface area contributed by atoms with Crippen LogP contribution < -0.4 is 0 Å². The molecule has 0 spiro atoms. The number of aliphatic hydroxyl groups excluding tert-OH is 1. The van der Waals surface area contributed by atoms with Gasteiger partial charge in [-0.05, 0) is 0 Å². The van der Waals surface area contributed by atoms with Gasteiger partial charge < -0.3 is 5.11 Å². The predicted molar refractivity (Wildman–Crippen MR) is 39.5 cm³/mol. The smallest absolute Gasteiger partial charge is 0.150 e. The van der Waals surface area contributed by atoms with Gasteiger partial charge in [0.25, 0.3) is 0 Å². The van der Waals surface area contributed by atoms with E-state index in [1.165, 1.54) is 13.8 Å². The lowest BCUT2D eigenvalue weighted by atomic mass is 9.88. The zero-order chi connectivity index (χ0) is 8.91. The molecule has 0 aliphatic carbocycles. The van der Waals surface area contributed by atoms with Crippen molar-refractivity contribution < 1.29 is 13.9 Å². The number of halogens is 2. The van der Waals surface area contributed by atoms with Crippen molar-refractivity contribution in [3.8, 4) is 11.8 Å². The maximum atomic E-state index is 12.1. The second-order valence-electron chi connectivity index (χ2n) is 2.98. The fourth-order valence-corrected chi connectivity index (χ4v) is 0.404.